The summed E-state index contributed by atoms with van der Waals surface area (Å²) in [6, 6.07) is 10.2. The van der Waals surface area contributed by atoms with Gasteiger partial charge in [-0.3, -0.25) is 4.21 Å². The maximum Gasteiger partial charge on any atom is 0.0956 e. The lowest BCUT2D eigenvalue weighted by Gasteiger charge is -2.39. The highest BCUT2D eigenvalue weighted by atomic mass is 32.2. The second-order valence-corrected chi connectivity index (χ2v) is 9.21. The van der Waals surface area contributed by atoms with E-state index in [0.29, 0.717) is 26.3 Å². The Labute approximate surface area is 137 Å². The van der Waals surface area contributed by atoms with Gasteiger partial charge in [0.15, 0.2) is 0 Å². The predicted molar refractivity (Wildman–Crippen MR) is 93.1 cm³/mol. The zero-order valence-corrected chi connectivity index (χ0v) is 14.7. The molecule has 1 aromatic carbocycles. The van der Waals surface area contributed by atoms with Crippen molar-refractivity contribution in [2.45, 2.75) is 18.9 Å². The van der Waals surface area contributed by atoms with Crippen molar-refractivity contribution in [3.8, 4) is 11.3 Å². The van der Waals surface area contributed by atoms with Crippen LogP contribution in [0.4, 0.5) is 0 Å². The highest BCUT2D eigenvalue weighted by Gasteiger charge is 2.40. The first-order valence-electron chi connectivity index (χ1n) is 7.71. The first-order valence-corrected chi connectivity index (χ1v) is 10.0. The molecule has 0 radical (unpaired) electrons. The van der Waals surface area contributed by atoms with Crippen molar-refractivity contribution in [3.63, 3.8) is 0 Å². The van der Waals surface area contributed by atoms with Crippen LogP contribution in [0.1, 0.15) is 12.6 Å². The molecular weight excluding hydrogens is 310 g/mol. The molecule has 1 aliphatic rings. The summed E-state index contributed by atoms with van der Waals surface area (Å²) in [5.41, 5.74) is 3.27. The highest BCUT2D eigenvalue weighted by Crippen LogP contribution is 2.37. The van der Waals surface area contributed by atoms with Crippen LogP contribution >= 0.6 is 0 Å². The van der Waals surface area contributed by atoms with E-state index in [-0.39, 0.29) is 5.41 Å². The van der Waals surface area contributed by atoms with E-state index < -0.39 is 9.73 Å². The molecular formula is C17H23N3O2S. The van der Waals surface area contributed by atoms with Gasteiger partial charge in [-0.1, -0.05) is 30.3 Å². The van der Waals surface area contributed by atoms with Crippen LogP contribution in [0.15, 0.2) is 41.0 Å². The van der Waals surface area contributed by atoms with Gasteiger partial charge in [-0.15, -0.1) is 0 Å². The zero-order chi connectivity index (χ0) is 16.5. The molecule has 1 aliphatic heterocycles. The van der Waals surface area contributed by atoms with Crippen molar-refractivity contribution in [3.05, 3.63) is 42.4 Å². The summed E-state index contributed by atoms with van der Waals surface area (Å²) in [6.07, 6.45) is 5.19. The van der Waals surface area contributed by atoms with Gasteiger partial charge < -0.3 is 9.30 Å². The van der Waals surface area contributed by atoms with Gasteiger partial charge in [-0.2, -0.15) is 0 Å². The fraction of sp³-hybridized carbons (Fsp3) is 0.471. The maximum atomic E-state index is 11.7. The van der Waals surface area contributed by atoms with Crippen molar-refractivity contribution < 1.29 is 8.95 Å². The normalized spacial score (nSPS) is 16.8. The molecule has 6 heteroatoms. The summed E-state index contributed by atoms with van der Waals surface area (Å²) < 4.78 is 23.6. The molecule has 5 nitrogen and oxygen atoms in total. The van der Waals surface area contributed by atoms with Crippen LogP contribution in [0.2, 0.25) is 0 Å². The summed E-state index contributed by atoms with van der Waals surface area (Å²) in [5, 5.41) is 0. The molecule has 2 aromatic rings. The molecule has 0 aliphatic carbocycles. The van der Waals surface area contributed by atoms with Crippen LogP contribution < -0.4 is 0 Å². The van der Waals surface area contributed by atoms with Gasteiger partial charge in [0.05, 0.1) is 42.9 Å². The summed E-state index contributed by atoms with van der Waals surface area (Å²) in [4.78, 5) is 4.64. The summed E-state index contributed by atoms with van der Waals surface area (Å²) >= 11 is 0. The average Bonchev–Trinajstić information content (AvgIpc) is 2.89. The van der Waals surface area contributed by atoms with Crippen molar-refractivity contribution in [2.24, 2.45) is 4.36 Å². The molecule has 0 N–H and O–H groups in total. The molecule has 0 saturated carbocycles. The third kappa shape index (κ3) is 3.48. The quantitative estimate of drug-likeness (QED) is 0.845. The SMILES string of the molecule is CC1(c2c(-c3ccccc3)ncn2CCN=S(C)(C)=O)COC1. The number of imidazole rings is 1. The highest BCUT2D eigenvalue weighted by molar-refractivity contribution is 7.92. The number of ether oxygens (including phenoxy) is 1. The third-order valence-corrected chi connectivity index (χ3v) is 4.85. The number of aromatic nitrogens is 2. The van der Waals surface area contributed by atoms with Crippen molar-refractivity contribution in [2.75, 3.05) is 32.3 Å². The molecule has 0 spiro atoms. The van der Waals surface area contributed by atoms with E-state index in [1.54, 1.807) is 12.5 Å². The minimum Gasteiger partial charge on any atom is -0.379 e. The van der Waals surface area contributed by atoms with Crippen LogP contribution in [0, 0.1) is 0 Å². The van der Waals surface area contributed by atoms with Gasteiger partial charge in [-0.25, -0.2) is 9.35 Å². The molecule has 2 heterocycles. The van der Waals surface area contributed by atoms with Crippen molar-refractivity contribution >= 4 is 9.73 Å². The molecule has 1 fully saturated rings. The number of hydrogen-bond donors (Lipinski definition) is 0. The maximum absolute atomic E-state index is 11.7. The fourth-order valence-electron chi connectivity index (χ4n) is 2.91. The van der Waals surface area contributed by atoms with Crippen LogP contribution in [-0.2, 0) is 26.4 Å². The van der Waals surface area contributed by atoms with E-state index in [9.17, 15) is 4.21 Å². The Hall–Kier alpha value is -1.66. The topological polar surface area (TPSA) is 56.5 Å². The number of nitrogens with zero attached hydrogens (tertiary/aromatic N) is 3. The van der Waals surface area contributed by atoms with Crippen LogP contribution in [0.5, 0.6) is 0 Å². The van der Waals surface area contributed by atoms with Crippen LogP contribution in [0.25, 0.3) is 11.3 Å². The molecule has 124 valence electrons. The lowest BCUT2D eigenvalue weighted by atomic mass is 9.82. The van der Waals surface area contributed by atoms with Crippen molar-refractivity contribution in [1.29, 1.82) is 0 Å². The van der Waals surface area contributed by atoms with E-state index >= 15 is 0 Å². The van der Waals surface area contributed by atoms with Crippen molar-refractivity contribution in [1.82, 2.24) is 9.55 Å². The Morgan fingerprint density at radius 1 is 1.30 bits per heavy atom. The number of benzene rings is 1. The Morgan fingerprint density at radius 3 is 2.57 bits per heavy atom. The standard InChI is InChI=1S/C17H23N3O2S/c1-17(11-22-12-17)16-15(14-7-5-4-6-8-14)18-13-20(16)10-9-19-23(2,3)21/h4-8,13H,9-12H2,1-3H3. The smallest absolute Gasteiger partial charge is 0.0956 e. The fourth-order valence-corrected chi connectivity index (χ4v) is 3.43. The Bertz CT molecular complexity index is 793. The third-order valence-electron chi connectivity index (χ3n) is 4.04. The van der Waals surface area contributed by atoms with E-state index in [4.69, 9.17) is 4.74 Å². The minimum atomic E-state index is -2.06. The largest absolute Gasteiger partial charge is 0.379 e. The number of hydrogen-bond acceptors (Lipinski definition) is 4. The molecule has 1 saturated heterocycles. The van der Waals surface area contributed by atoms with E-state index in [2.05, 4.69) is 33.0 Å². The zero-order valence-electron chi connectivity index (χ0n) is 13.9. The molecule has 0 bridgehead atoms. The summed E-state index contributed by atoms with van der Waals surface area (Å²) in [7, 11) is -2.06. The molecule has 0 atom stereocenters. The van der Waals surface area contributed by atoms with E-state index in [1.165, 1.54) is 5.69 Å². The lowest BCUT2D eigenvalue weighted by Crippen LogP contribution is -2.45. The van der Waals surface area contributed by atoms with Gasteiger partial charge in [0.2, 0.25) is 0 Å². The Balaban J connectivity index is 1.97. The Morgan fingerprint density at radius 2 is 2.00 bits per heavy atom. The van der Waals surface area contributed by atoms with Gasteiger partial charge in [0.1, 0.15) is 0 Å². The monoisotopic (exact) mass is 333 g/mol. The predicted octanol–water partition coefficient (Wildman–Crippen LogP) is 2.57. The molecule has 0 amide bonds. The Kier molecular flexibility index (Phi) is 4.29. The molecule has 3 rings (SSSR count). The second kappa shape index (κ2) is 6.09. The van der Waals surface area contributed by atoms with E-state index in [1.807, 2.05) is 24.5 Å². The molecule has 1 aromatic heterocycles. The minimum absolute atomic E-state index is 0.0263. The van der Waals surface area contributed by atoms with Gasteiger partial charge in [0, 0.05) is 34.3 Å². The number of rotatable bonds is 5. The molecule has 0 unspecified atom stereocenters. The summed E-state index contributed by atoms with van der Waals surface area (Å²) in [5.74, 6) is 0. The molecule has 23 heavy (non-hydrogen) atoms. The first-order chi connectivity index (χ1) is 10.9. The second-order valence-electron chi connectivity index (χ2n) is 6.59. The van der Waals surface area contributed by atoms with Gasteiger partial charge >= 0.3 is 0 Å². The summed E-state index contributed by atoms with van der Waals surface area (Å²) in [6.45, 7) is 4.82. The lowest BCUT2D eigenvalue weighted by molar-refractivity contribution is -0.0533. The van der Waals surface area contributed by atoms with Crippen LogP contribution in [0.3, 0.4) is 0 Å². The average molecular weight is 333 g/mol. The van der Waals surface area contributed by atoms with Gasteiger partial charge in [-0.05, 0) is 6.92 Å². The van der Waals surface area contributed by atoms with Gasteiger partial charge in [0.25, 0.3) is 0 Å². The van der Waals surface area contributed by atoms with Crippen LogP contribution in [-0.4, -0.2) is 46.0 Å². The first kappa shape index (κ1) is 16.2. The van der Waals surface area contributed by atoms with E-state index in [0.717, 1.165) is 11.3 Å².